The van der Waals surface area contributed by atoms with Crippen LogP contribution in [-0.2, 0) is 0 Å². The number of nitrogens with zero attached hydrogens (tertiary/aromatic N) is 2. The number of pyridine rings is 1. The summed E-state index contributed by atoms with van der Waals surface area (Å²) in [4.78, 5) is 18.2. The lowest BCUT2D eigenvalue weighted by molar-refractivity contribution is 0.0695. The number of halogens is 1. The standard InChI is InChI=1S/C20H24ClN3O2/c1-12-11-13(2)18(14(3)17(12)20(25)26)23-15-6-9-24(10-7-15)19-16(21)5-4-8-22-19/h4-5,8,11,15,23H,6-7,9-10H2,1-3H3,(H,25,26). The molecule has 0 spiro atoms. The van der Waals surface area contributed by atoms with E-state index in [2.05, 4.69) is 15.2 Å². The second-order valence-electron chi connectivity index (χ2n) is 6.91. The van der Waals surface area contributed by atoms with Gasteiger partial charge in [0.2, 0.25) is 0 Å². The Balaban J connectivity index is 1.73. The molecule has 1 aromatic heterocycles. The molecule has 0 radical (unpaired) electrons. The summed E-state index contributed by atoms with van der Waals surface area (Å²) in [6, 6.07) is 5.95. The van der Waals surface area contributed by atoms with Crippen LogP contribution in [0.15, 0.2) is 24.4 Å². The molecule has 0 atom stereocenters. The first-order valence-corrected chi connectivity index (χ1v) is 9.22. The van der Waals surface area contributed by atoms with Gasteiger partial charge in [0.25, 0.3) is 0 Å². The minimum Gasteiger partial charge on any atom is -0.478 e. The number of benzene rings is 1. The van der Waals surface area contributed by atoms with E-state index in [0.717, 1.165) is 54.1 Å². The summed E-state index contributed by atoms with van der Waals surface area (Å²) < 4.78 is 0. The second-order valence-corrected chi connectivity index (χ2v) is 7.31. The highest BCUT2D eigenvalue weighted by Gasteiger charge is 2.23. The number of aromatic carboxylic acids is 1. The number of carboxylic acids is 1. The van der Waals surface area contributed by atoms with Gasteiger partial charge in [0.1, 0.15) is 5.82 Å². The van der Waals surface area contributed by atoms with Gasteiger partial charge in [0.05, 0.1) is 10.6 Å². The molecule has 0 amide bonds. The fourth-order valence-corrected chi connectivity index (χ4v) is 4.03. The van der Waals surface area contributed by atoms with Crippen molar-refractivity contribution in [1.29, 1.82) is 0 Å². The van der Waals surface area contributed by atoms with Gasteiger partial charge in [-0.3, -0.25) is 0 Å². The van der Waals surface area contributed by atoms with Gasteiger partial charge in [-0.1, -0.05) is 17.7 Å². The normalized spacial score (nSPS) is 15.2. The van der Waals surface area contributed by atoms with E-state index in [1.807, 2.05) is 39.0 Å². The monoisotopic (exact) mass is 373 g/mol. The van der Waals surface area contributed by atoms with Crippen molar-refractivity contribution in [2.75, 3.05) is 23.3 Å². The predicted molar refractivity (Wildman–Crippen MR) is 106 cm³/mol. The Morgan fingerprint density at radius 1 is 1.27 bits per heavy atom. The molecule has 3 rings (SSSR count). The van der Waals surface area contributed by atoms with Crippen molar-refractivity contribution in [2.45, 2.75) is 39.7 Å². The van der Waals surface area contributed by atoms with Gasteiger partial charge in [-0.15, -0.1) is 0 Å². The zero-order chi connectivity index (χ0) is 18.8. The maximum absolute atomic E-state index is 11.6. The maximum Gasteiger partial charge on any atom is 0.336 e. The third-order valence-corrected chi connectivity index (χ3v) is 5.36. The predicted octanol–water partition coefficient (Wildman–Crippen LogP) is 4.44. The molecule has 2 heterocycles. The molecular formula is C20H24ClN3O2. The molecular weight excluding hydrogens is 350 g/mol. The van der Waals surface area contributed by atoms with Crippen molar-refractivity contribution in [3.8, 4) is 0 Å². The highest BCUT2D eigenvalue weighted by atomic mass is 35.5. The fourth-order valence-electron chi connectivity index (χ4n) is 3.79. The third kappa shape index (κ3) is 3.63. The van der Waals surface area contributed by atoms with Crippen molar-refractivity contribution < 1.29 is 9.90 Å². The minimum absolute atomic E-state index is 0.301. The molecule has 5 nitrogen and oxygen atoms in total. The summed E-state index contributed by atoms with van der Waals surface area (Å²) >= 11 is 6.25. The van der Waals surface area contributed by atoms with E-state index in [0.29, 0.717) is 16.6 Å². The Morgan fingerprint density at radius 3 is 2.58 bits per heavy atom. The third-order valence-electron chi connectivity index (χ3n) is 5.07. The number of carbonyl (C=O) groups is 1. The van der Waals surface area contributed by atoms with Crippen LogP contribution in [0.2, 0.25) is 5.02 Å². The Hall–Kier alpha value is -2.27. The van der Waals surface area contributed by atoms with E-state index in [9.17, 15) is 9.90 Å². The minimum atomic E-state index is -0.873. The van der Waals surface area contributed by atoms with Crippen LogP contribution in [-0.4, -0.2) is 35.2 Å². The summed E-state index contributed by atoms with van der Waals surface area (Å²) in [5.41, 5.74) is 4.04. The molecule has 26 heavy (non-hydrogen) atoms. The Bertz CT molecular complexity index is 830. The van der Waals surface area contributed by atoms with Crippen LogP contribution in [0, 0.1) is 20.8 Å². The molecule has 1 aliphatic heterocycles. The first-order valence-electron chi connectivity index (χ1n) is 8.84. The van der Waals surface area contributed by atoms with Crippen molar-refractivity contribution in [2.24, 2.45) is 0 Å². The Morgan fingerprint density at radius 2 is 1.96 bits per heavy atom. The zero-order valence-electron chi connectivity index (χ0n) is 15.3. The number of aromatic nitrogens is 1. The van der Waals surface area contributed by atoms with Crippen LogP contribution in [0.5, 0.6) is 0 Å². The largest absolute Gasteiger partial charge is 0.478 e. The van der Waals surface area contributed by atoms with Crippen molar-refractivity contribution in [1.82, 2.24) is 4.98 Å². The summed E-state index contributed by atoms with van der Waals surface area (Å²) in [7, 11) is 0. The Kier molecular flexibility index (Phi) is 5.37. The van der Waals surface area contributed by atoms with Crippen LogP contribution < -0.4 is 10.2 Å². The van der Waals surface area contributed by atoms with Gasteiger partial charge in [-0.05, 0) is 62.4 Å². The van der Waals surface area contributed by atoms with E-state index in [-0.39, 0.29) is 0 Å². The first kappa shape index (κ1) is 18.5. The molecule has 6 heteroatoms. The summed E-state index contributed by atoms with van der Waals surface area (Å²) in [6.07, 6.45) is 3.65. The van der Waals surface area contributed by atoms with Gasteiger partial charge in [-0.2, -0.15) is 0 Å². The quantitative estimate of drug-likeness (QED) is 0.829. The van der Waals surface area contributed by atoms with Crippen LogP contribution in [0.4, 0.5) is 11.5 Å². The lowest BCUT2D eigenvalue weighted by atomic mass is 9.95. The van der Waals surface area contributed by atoms with Crippen molar-refractivity contribution in [3.05, 3.63) is 51.7 Å². The van der Waals surface area contributed by atoms with Crippen molar-refractivity contribution in [3.63, 3.8) is 0 Å². The highest BCUT2D eigenvalue weighted by molar-refractivity contribution is 6.32. The molecule has 1 fully saturated rings. The van der Waals surface area contributed by atoms with E-state index in [1.54, 1.807) is 6.20 Å². The number of carboxylic acid groups (broad SMARTS) is 1. The van der Waals surface area contributed by atoms with Gasteiger partial charge < -0.3 is 15.3 Å². The molecule has 0 unspecified atom stereocenters. The maximum atomic E-state index is 11.6. The molecule has 1 saturated heterocycles. The van der Waals surface area contributed by atoms with E-state index >= 15 is 0 Å². The average molecular weight is 374 g/mol. The van der Waals surface area contributed by atoms with Crippen molar-refractivity contribution >= 4 is 29.1 Å². The number of anilines is 2. The number of rotatable bonds is 4. The number of piperidine rings is 1. The van der Waals surface area contributed by atoms with Gasteiger partial charge >= 0.3 is 5.97 Å². The van der Waals surface area contributed by atoms with Gasteiger partial charge in [0.15, 0.2) is 0 Å². The molecule has 1 aliphatic rings. The van der Waals surface area contributed by atoms with Gasteiger partial charge in [-0.25, -0.2) is 9.78 Å². The zero-order valence-corrected chi connectivity index (χ0v) is 16.1. The van der Waals surface area contributed by atoms with E-state index < -0.39 is 5.97 Å². The molecule has 2 aromatic rings. The topological polar surface area (TPSA) is 65.5 Å². The molecule has 1 aromatic carbocycles. The summed E-state index contributed by atoms with van der Waals surface area (Å²) in [5.74, 6) is -0.0360. The van der Waals surface area contributed by atoms with Crippen LogP contribution in [0.3, 0.4) is 0 Å². The fraction of sp³-hybridized carbons (Fsp3) is 0.400. The molecule has 2 N–H and O–H groups in total. The smallest absolute Gasteiger partial charge is 0.336 e. The van der Waals surface area contributed by atoms with Crippen LogP contribution in [0.25, 0.3) is 0 Å². The second kappa shape index (κ2) is 7.54. The van der Waals surface area contributed by atoms with Gasteiger partial charge in [0, 0.05) is 31.0 Å². The van der Waals surface area contributed by atoms with Crippen LogP contribution in [0.1, 0.15) is 39.9 Å². The average Bonchev–Trinajstić information content (AvgIpc) is 2.59. The highest BCUT2D eigenvalue weighted by Crippen LogP contribution is 2.30. The summed E-state index contributed by atoms with van der Waals surface area (Å²) in [5, 5.41) is 13.8. The van der Waals surface area contributed by atoms with Crippen LogP contribution >= 0.6 is 11.6 Å². The molecule has 138 valence electrons. The number of hydrogen-bond donors (Lipinski definition) is 2. The summed E-state index contributed by atoms with van der Waals surface area (Å²) in [6.45, 7) is 7.49. The molecule has 0 aliphatic carbocycles. The van der Waals surface area contributed by atoms with E-state index in [4.69, 9.17) is 11.6 Å². The van der Waals surface area contributed by atoms with E-state index in [1.165, 1.54) is 0 Å². The molecule has 0 bridgehead atoms. The number of aryl methyl sites for hydroxylation is 2. The lowest BCUT2D eigenvalue weighted by Gasteiger charge is -2.34. The first-order chi connectivity index (χ1) is 12.4. The molecule has 0 saturated carbocycles. The number of nitrogens with one attached hydrogen (secondary N) is 1. The number of hydrogen-bond acceptors (Lipinski definition) is 4. The lowest BCUT2D eigenvalue weighted by Crippen LogP contribution is -2.40. The Labute approximate surface area is 159 Å². The SMILES string of the molecule is Cc1cc(C)c(C(=O)O)c(C)c1NC1CCN(c2ncccc2Cl)CC1.